The maximum atomic E-state index is 3.79. The fourth-order valence-corrected chi connectivity index (χ4v) is 5.36. The van der Waals surface area contributed by atoms with Crippen LogP contribution in [0.3, 0.4) is 0 Å². The van der Waals surface area contributed by atoms with Gasteiger partial charge in [-0.05, 0) is 90.7 Å². The van der Waals surface area contributed by atoms with Crippen molar-refractivity contribution < 1.29 is 0 Å². The molecule has 1 heterocycles. The largest absolute Gasteiger partial charge is 0.314 e. The average Bonchev–Trinajstić information content (AvgIpc) is 3.19. The van der Waals surface area contributed by atoms with Gasteiger partial charge in [0.2, 0.25) is 0 Å². The van der Waals surface area contributed by atoms with Crippen LogP contribution in [0.25, 0.3) is 0 Å². The molecule has 2 fully saturated rings. The maximum absolute atomic E-state index is 3.79. The fourth-order valence-electron chi connectivity index (χ4n) is 3.81. The first kappa shape index (κ1) is 16.0. The Kier molecular flexibility index (Phi) is 5.45. The molecule has 118 valence electrons. The molecule has 3 heteroatoms. The van der Waals surface area contributed by atoms with E-state index in [4.69, 9.17) is 0 Å². The Morgan fingerprint density at radius 2 is 2.05 bits per heavy atom. The van der Waals surface area contributed by atoms with Crippen LogP contribution in [0.5, 0.6) is 0 Å². The quantitative estimate of drug-likeness (QED) is 0.698. The first-order valence-electron chi connectivity index (χ1n) is 8.58. The van der Waals surface area contributed by atoms with E-state index >= 15 is 0 Å². The van der Waals surface area contributed by atoms with Gasteiger partial charge in [0, 0.05) is 20.8 Å². The van der Waals surface area contributed by atoms with Crippen molar-refractivity contribution in [3.63, 3.8) is 0 Å². The smallest absolute Gasteiger partial charge is 0.0285 e. The molecule has 2 aliphatic rings. The first-order chi connectivity index (χ1) is 10.1. The van der Waals surface area contributed by atoms with E-state index in [-0.39, 0.29) is 0 Å². The van der Waals surface area contributed by atoms with Gasteiger partial charge in [0.1, 0.15) is 0 Å². The van der Waals surface area contributed by atoms with Gasteiger partial charge in [-0.15, -0.1) is 11.3 Å². The molecule has 0 aliphatic heterocycles. The normalized spacial score (nSPS) is 30.0. The van der Waals surface area contributed by atoms with Gasteiger partial charge in [-0.1, -0.05) is 13.8 Å². The lowest BCUT2D eigenvalue weighted by molar-refractivity contribution is 0.145. The molecule has 1 aromatic rings. The summed E-state index contributed by atoms with van der Waals surface area (Å²) in [6.07, 6.45) is 8.41. The topological polar surface area (TPSA) is 12.0 Å². The SMILES string of the molecule is CC(C)C1CCC(CNC2CC2)C(Cc2cc(Br)cs2)C1. The van der Waals surface area contributed by atoms with E-state index < -0.39 is 0 Å². The number of nitrogens with one attached hydrogen (secondary N) is 1. The molecule has 3 unspecified atom stereocenters. The Balaban J connectivity index is 1.62. The number of halogens is 1. The van der Waals surface area contributed by atoms with Gasteiger partial charge >= 0.3 is 0 Å². The van der Waals surface area contributed by atoms with Crippen LogP contribution in [0.15, 0.2) is 15.9 Å². The van der Waals surface area contributed by atoms with Gasteiger partial charge < -0.3 is 5.32 Å². The van der Waals surface area contributed by atoms with Crippen LogP contribution < -0.4 is 5.32 Å². The molecule has 0 amide bonds. The molecule has 0 spiro atoms. The predicted octanol–water partition coefficient (Wildman–Crippen LogP) is 5.49. The van der Waals surface area contributed by atoms with E-state index in [2.05, 4.69) is 46.5 Å². The van der Waals surface area contributed by atoms with E-state index in [0.29, 0.717) is 0 Å². The van der Waals surface area contributed by atoms with Gasteiger partial charge in [-0.3, -0.25) is 0 Å². The molecule has 3 rings (SSSR count). The van der Waals surface area contributed by atoms with Crippen molar-refractivity contribution in [1.82, 2.24) is 5.32 Å². The molecule has 0 saturated heterocycles. The van der Waals surface area contributed by atoms with Crippen molar-refractivity contribution in [1.29, 1.82) is 0 Å². The minimum absolute atomic E-state index is 0.847. The molecule has 2 saturated carbocycles. The summed E-state index contributed by atoms with van der Waals surface area (Å²) < 4.78 is 1.26. The van der Waals surface area contributed by atoms with E-state index in [9.17, 15) is 0 Å². The Morgan fingerprint density at radius 3 is 2.67 bits per heavy atom. The van der Waals surface area contributed by atoms with Crippen molar-refractivity contribution in [3.8, 4) is 0 Å². The maximum Gasteiger partial charge on any atom is 0.0285 e. The van der Waals surface area contributed by atoms with Crippen LogP contribution in [0, 0.1) is 23.7 Å². The average molecular weight is 370 g/mol. The lowest BCUT2D eigenvalue weighted by atomic mass is 9.69. The monoisotopic (exact) mass is 369 g/mol. The highest BCUT2D eigenvalue weighted by Crippen LogP contribution is 2.40. The first-order valence-corrected chi connectivity index (χ1v) is 10.3. The van der Waals surface area contributed by atoms with E-state index in [0.717, 1.165) is 29.7 Å². The Hall–Kier alpha value is 0.140. The van der Waals surface area contributed by atoms with E-state index in [1.54, 1.807) is 4.88 Å². The minimum Gasteiger partial charge on any atom is -0.314 e. The van der Waals surface area contributed by atoms with Crippen LogP contribution >= 0.6 is 27.3 Å². The van der Waals surface area contributed by atoms with Crippen molar-refractivity contribution >= 4 is 27.3 Å². The molecule has 3 atom stereocenters. The predicted molar refractivity (Wildman–Crippen MR) is 95.9 cm³/mol. The molecule has 0 bridgehead atoms. The molecule has 1 N–H and O–H groups in total. The molecule has 0 aromatic carbocycles. The number of hydrogen-bond donors (Lipinski definition) is 1. The highest BCUT2D eigenvalue weighted by Gasteiger charge is 2.33. The number of rotatable bonds is 6. The zero-order chi connectivity index (χ0) is 14.8. The summed E-state index contributed by atoms with van der Waals surface area (Å²) in [4.78, 5) is 1.56. The van der Waals surface area contributed by atoms with E-state index in [1.807, 2.05) is 11.3 Å². The Morgan fingerprint density at radius 1 is 1.24 bits per heavy atom. The lowest BCUT2D eigenvalue weighted by Crippen LogP contribution is -2.36. The van der Waals surface area contributed by atoms with Gasteiger partial charge in [0.05, 0.1) is 0 Å². The van der Waals surface area contributed by atoms with Gasteiger partial charge in [-0.25, -0.2) is 0 Å². The molecule has 1 nitrogen and oxygen atoms in total. The van der Waals surface area contributed by atoms with Crippen LogP contribution in [-0.2, 0) is 6.42 Å². The summed E-state index contributed by atoms with van der Waals surface area (Å²) in [5.41, 5.74) is 0. The summed E-state index contributed by atoms with van der Waals surface area (Å²) in [6.45, 7) is 6.07. The van der Waals surface area contributed by atoms with Gasteiger partial charge in [-0.2, -0.15) is 0 Å². The second-order valence-corrected chi connectivity index (χ2v) is 9.37. The second-order valence-electron chi connectivity index (χ2n) is 7.46. The minimum atomic E-state index is 0.847. The van der Waals surface area contributed by atoms with E-state index in [1.165, 1.54) is 49.5 Å². The summed E-state index contributed by atoms with van der Waals surface area (Å²) in [5, 5.41) is 6.02. The van der Waals surface area contributed by atoms with Crippen molar-refractivity contribution in [3.05, 3.63) is 20.8 Å². The van der Waals surface area contributed by atoms with Gasteiger partial charge in [0.15, 0.2) is 0 Å². The lowest BCUT2D eigenvalue weighted by Gasteiger charge is -2.38. The molecular weight excluding hydrogens is 342 g/mol. The summed E-state index contributed by atoms with van der Waals surface area (Å²) in [6, 6.07) is 3.18. The molecular formula is C18H28BrNS. The molecule has 2 aliphatic carbocycles. The van der Waals surface area contributed by atoms with Gasteiger partial charge in [0.25, 0.3) is 0 Å². The number of hydrogen-bond acceptors (Lipinski definition) is 2. The summed E-state index contributed by atoms with van der Waals surface area (Å²) in [7, 11) is 0. The standard InChI is InChI=1S/C18H28BrNS/c1-12(2)13-3-4-14(10-20-17-5-6-17)15(7-13)8-18-9-16(19)11-21-18/h9,11-15,17,20H,3-8,10H2,1-2H3. The number of thiophene rings is 1. The van der Waals surface area contributed by atoms with Crippen molar-refractivity contribution in [2.45, 2.75) is 58.4 Å². The van der Waals surface area contributed by atoms with Crippen molar-refractivity contribution in [2.24, 2.45) is 23.7 Å². The zero-order valence-electron chi connectivity index (χ0n) is 13.3. The van der Waals surface area contributed by atoms with Crippen LogP contribution in [0.2, 0.25) is 0 Å². The third-order valence-corrected chi connectivity index (χ3v) is 7.17. The Labute approximate surface area is 142 Å². The van der Waals surface area contributed by atoms with Crippen LogP contribution in [-0.4, -0.2) is 12.6 Å². The molecule has 1 aromatic heterocycles. The third kappa shape index (κ3) is 4.56. The highest BCUT2D eigenvalue weighted by atomic mass is 79.9. The van der Waals surface area contributed by atoms with Crippen LogP contribution in [0.1, 0.15) is 50.8 Å². The summed E-state index contributed by atoms with van der Waals surface area (Å²) in [5.74, 6) is 3.56. The third-order valence-electron chi connectivity index (χ3n) is 5.45. The fraction of sp³-hybridized carbons (Fsp3) is 0.778. The van der Waals surface area contributed by atoms with Crippen molar-refractivity contribution in [2.75, 3.05) is 6.54 Å². The Bertz CT molecular complexity index is 452. The highest BCUT2D eigenvalue weighted by molar-refractivity contribution is 9.10. The molecule has 21 heavy (non-hydrogen) atoms. The van der Waals surface area contributed by atoms with Crippen LogP contribution in [0.4, 0.5) is 0 Å². The summed E-state index contributed by atoms with van der Waals surface area (Å²) >= 11 is 5.53. The molecule has 0 radical (unpaired) electrons. The zero-order valence-corrected chi connectivity index (χ0v) is 15.7. The second kappa shape index (κ2) is 7.14.